The lowest BCUT2D eigenvalue weighted by atomic mass is 10.2. The van der Waals surface area contributed by atoms with E-state index in [9.17, 15) is 4.79 Å². The minimum atomic E-state index is -0.497. The van der Waals surface area contributed by atoms with Crippen molar-refractivity contribution in [1.82, 2.24) is 9.97 Å². The van der Waals surface area contributed by atoms with Crippen LogP contribution < -0.4 is 22.3 Å². The lowest BCUT2D eigenvalue weighted by Crippen LogP contribution is -2.17. The second-order valence-corrected chi connectivity index (χ2v) is 3.70. The number of nitrogens with zero attached hydrogens (tertiary/aromatic N) is 1. The summed E-state index contributed by atoms with van der Waals surface area (Å²) in [5.74, 6) is 0.168. The standard InChI is InChI=1S/C11H13N5O2/c12-8-9(15-11(13)16-10(8)18)14-7-3-1-2-6(4-7)5-17/h1-4,17H,5,12H2,(H4,13,14,15,16,18). The van der Waals surface area contributed by atoms with Crippen molar-refractivity contribution in [3.8, 4) is 0 Å². The summed E-state index contributed by atoms with van der Waals surface area (Å²) in [4.78, 5) is 17.6. The highest BCUT2D eigenvalue weighted by Crippen LogP contribution is 2.19. The monoisotopic (exact) mass is 247 g/mol. The first-order valence-electron chi connectivity index (χ1n) is 5.22. The number of hydrogen-bond donors (Lipinski definition) is 5. The van der Waals surface area contributed by atoms with Crippen molar-refractivity contribution < 1.29 is 5.11 Å². The third-order valence-corrected chi connectivity index (χ3v) is 2.35. The molecule has 0 saturated carbocycles. The van der Waals surface area contributed by atoms with Crippen LogP contribution >= 0.6 is 0 Å². The highest BCUT2D eigenvalue weighted by molar-refractivity contribution is 5.68. The molecule has 18 heavy (non-hydrogen) atoms. The molecule has 0 fully saturated rings. The van der Waals surface area contributed by atoms with Crippen LogP contribution in [0.1, 0.15) is 5.56 Å². The number of aromatic nitrogens is 2. The van der Waals surface area contributed by atoms with E-state index in [-0.39, 0.29) is 24.1 Å². The fraction of sp³-hybridized carbons (Fsp3) is 0.0909. The molecule has 1 aromatic carbocycles. The molecule has 7 nitrogen and oxygen atoms in total. The van der Waals surface area contributed by atoms with Gasteiger partial charge >= 0.3 is 0 Å². The minimum absolute atomic E-state index is 0.0185. The third kappa shape index (κ3) is 2.41. The van der Waals surface area contributed by atoms with Crippen molar-refractivity contribution in [2.24, 2.45) is 0 Å². The summed E-state index contributed by atoms with van der Waals surface area (Å²) in [6, 6.07) is 7.02. The molecule has 0 radical (unpaired) electrons. The smallest absolute Gasteiger partial charge is 0.277 e. The average Bonchev–Trinajstić information content (AvgIpc) is 2.35. The molecular weight excluding hydrogens is 234 g/mol. The molecule has 0 unspecified atom stereocenters. The van der Waals surface area contributed by atoms with E-state index in [1.807, 2.05) is 0 Å². The number of benzene rings is 1. The van der Waals surface area contributed by atoms with Gasteiger partial charge in [0.15, 0.2) is 5.82 Å². The van der Waals surface area contributed by atoms with Crippen molar-refractivity contribution in [2.75, 3.05) is 16.8 Å². The summed E-state index contributed by atoms with van der Waals surface area (Å²) in [6.07, 6.45) is 0. The Kier molecular flexibility index (Phi) is 3.16. The van der Waals surface area contributed by atoms with Crippen molar-refractivity contribution in [1.29, 1.82) is 0 Å². The van der Waals surface area contributed by atoms with Crippen LogP contribution in [-0.4, -0.2) is 15.1 Å². The van der Waals surface area contributed by atoms with Gasteiger partial charge in [0.25, 0.3) is 5.56 Å². The Morgan fingerprint density at radius 3 is 2.89 bits per heavy atom. The van der Waals surface area contributed by atoms with Gasteiger partial charge in [-0.1, -0.05) is 12.1 Å². The molecule has 0 aliphatic carbocycles. The number of aliphatic hydroxyl groups is 1. The predicted octanol–water partition coefficient (Wildman–Crippen LogP) is 0.170. The normalized spacial score (nSPS) is 10.3. The molecule has 7 heteroatoms. The van der Waals surface area contributed by atoms with Crippen LogP contribution in [0.15, 0.2) is 29.1 Å². The first-order valence-corrected chi connectivity index (χ1v) is 5.22. The van der Waals surface area contributed by atoms with Crippen LogP contribution in [0.25, 0.3) is 0 Å². The number of nitrogens with one attached hydrogen (secondary N) is 2. The van der Waals surface area contributed by atoms with Gasteiger partial charge in [-0.15, -0.1) is 0 Å². The number of nitrogen functional groups attached to an aromatic ring is 2. The Labute approximate surface area is 102 Å². The fourth-order valence-electron chi connectivity index (χ4n) is 1.48. The number of anilines is 4. The average molecular weight is 247 g/mol. The van der Waals surface area contributed by atoms with Gasteiger partial charge in [-0.05, 0) is 17.7 Å². The van der Waals surface area contributed by atoms with Gasteiger partial charge in [0.2, 0.25) is 5.95 Å². The van der Waals surface area contributed by atoms with E-state index >= 15 is 0 Å². The molecular formula is C11H13N5O2. The Bertz CT molecular complexity index is 623. The second kappa shape index (κ2) is 4.76. The molecule has 0 amide bonds. The SMILES string of the molecule is Nc1nc(Nc2cccc(CO)c2)c(N)c(=O)[nH]1. The van der Waals surface area contributed by atoms with Crippen molar-refractivity contribution in [2.45, 2.75) is 6.61 Å². The molecule has 0 spiro atoms. The maximum absolute atomic E-state index is 11.4. The fourth-order valence-corrected chi connectivity index (χ4v) is 1.48. The number of aliphatic hydroxyl groups excluding tert-OH is 1. The minimum Gasteiger partial charge on any atom is -0.392 e. The van der Waals surface area contributed by atoms with Crippen LogP contribution in [0.3, 0.4) is 0 Å². The molecule has 2 rings (SSSR count). The highest BCUT2D eigenvalue weighted by atomic mass is 16.3. The van der Waals surface area contributed by atoms with Gasteiger partial charge in [0, 0.05) is 5.69 Å². The Hall–Kier alpha value is -2.54. The lowest BCUT2D eigenvalue weighted by molar-refractivity contribution is 0.282. The molecule has 2 aromatic rings. The van der Waals surface area contributed by atoms with Gasteiger partial charge in [-0.25, -0.2) is 0 Å². The van der Waals surface area contributed by atoms with Gasteiger partial charge in [0.05, 0.1) is 6.61 Å². The number of hydrogen-bond acceptors (Lipinski definition) is 6. The largest absolute Gasteiger partial charge is 0.392 e. The summed E-state index contributed by atoms with van der Waals surface area (Å²) >= 11 is 0. The molecule has 0 bridgehead atoms. The molecule has 0 aliphatic heterocycles. The van der Waals surface area contributed by atoms with Crippen molar-refractivity contribution >= 4 is 23.1 Å². The lowest BCUT2D eigenvalue weighted by Gasteiger charge is -2.09. The van der Waals surface area contributed by atoms with E-state index in [0.717, 1.165) is 5.56 Å². The summed E-state index contributed by atoms with van der Waals surface area (Å²) in [7, 11) is 0. The molecule has 94 valence electrons. The maximum Gasteiger partial charge on any atom is 0.277 e. The zero-order chi connectivity index (χ0) is 13.1. The van der Waals surface area contributed by atoms with Crippen molar-refractivity contribution in [3.63, 3.8) is 0 Å². The summed E-state index contributed by atoms with van der Waals surface area (Å²) in [6.45, 7) is -0.0735. The van der Waals surface area contributed by atoms with Crippen LogP contribution in [0.5, 0.6) is 0 Å². The van der Waals surface area contributed by atoms with Gasteiger partial charge in [-0.2, -0.15) is 4.98 Å². The summed E-state index contributed by atoms with van der Waals surface area (Å²) in [5, 5.41) is 11.9. The number of rotatable bonds is 3. The van der Waals surface area contributed by atoms with Crippen molar-refractivity contribution in [3.05, 3.63) is 40.2 Å². The van der Waals surface area contributed by atoms with E-state index in [2.05, 4.69) is 15.3 Å². The van der Waals surface area contributed by atoms with Gasteiger partial charge < -0.3 is 21.9 Å². The Balaban J connectivity index is 2.36. The number of aromatic amines is 1. The molecule has 7 N–H and O–H groups in total. The van der Waals surface area contributed by atoms with E-state index < -0.39 is 5.56 Å². The molecule has 0 saturated heterocycles. The van der Waals surface area contributed by atoms with Crippen LogP contribution in [0.4, 0.5) is 23.1 Å². The van der Waals surface area contributed by atoms with E-state index in [1.54, 1.807) is 24.3 Å². The topological polar surface area (TPSA) is 130 Å². The zero-order valence-electron chi connectivity index (χ0n) is 9.47. The third-order valence-electron chi connectivity index (χ3n) is 2.35. The highest BCUT2D eigenvalue weighted by Gasteiger charge is 2.07. The first kappa shape index (κ1) is 11.9. The van der Waals surface area contributed by atoms with Crippen LogP contribution in [0.2, 0.25) is 0 Å². The molecule has 1 aromatic heterocycles. The molecule has 1 heterocycles. The van der Waals surface area contributed by atoms with Crippen LogP contribution in [-0.2, 0) is 6.61 Å². The van der Waals surface area contributed by atoms with Gasteiger partial charge in [0.1, 0.15) is 5.69 Å². The first-order chi connectivity index (χ1) is 8.60. The van der Waals surface area contributed by atoms with E-state index in [0.29, 0.717) is 5.69 Å². The Morgan fingerprint density at radius 2 is 2.17 bits per heavy atom. The van der Waals surface area contributed by atoms with Gasteiger partial charge in [-0.3, -0.25) is 9.78 Å². The quantitative estimate of drug-likeness (QED) is 0.525. The Morgan fingerprint density at radius 1 is 1.39 bits per heavy atom. The van der Waals surface area contributed by atoms with E-state index in [4.69, 9.17) is 16.6 Å². The number of nitrogens with two attached hydrogens (primary N) is 2. The van der Waals surface area contributed by atoms with Crippen LogP contribution in [0, 0.1) is 0 Å². The number of H-pyrrole nitrogens is 1. The predicted molar refractivity (Wildman–Crippen MR) is 69.3 cm³/mol. The van der Waals surface area contributed by atoms with E-state index in [1.165, 1.54) is 0 Å². The molecule has 0 atom stereocenters. The second-order valence-electron chi connectivity index (χ2n) is 3.70. The summed E-state index contributed by atoms with van der Waals surface area (Å²) < 4.78 is 0. The summed E-state index contributed by atoms with van der Waals surface area (Å²) in [5.41, 5.74) is 11.9. The maximum atomic E-state index is 11.4. The zero-order valence-corrected chi connectivity index (χ0v) is 9.47. The molecule has 0 aliphatic rings.